The van der Waals surface area contributed by atoms with Crippen LogP contribution in [0.4, 0.5) is 43.4 Å². The Morgan fingerprint density at radius 3 is 2.21 bits per heavy atom. The zero-order valence-electron chi connectivity index (χ0n) is 20.2. The summed E-state index contributed by atoms with van der Waals surface area (Å²) in [6.45, 7) is -0.235. The van der Waals surface area contributed by atoms with E-state index in [0.717, 1.165) is 0 Å². The largest absolute Gasteiger partial charge is 0.481 e. The number of carboxylic acid groups (broad SMARTS) is 1. The number of aliphatic carboxylic acids is 1. The van der Waals surface area contributed by atoms with Crippen LogP contribution in [0.15, 0.2) is 48.5 Å². The van der Waals surface area contributed by atoms with Crippen LogP contribution in [0.5, 0.6) is 0 Å². The number of benzene rings is 2. The maximum Gasteiger partial charge on any atom is 0.389 e. The van der Waals surface area contributed by atoms with E-state index < -0.39 is 73.7 Å². The molecular formula is C25H24ClF6N3O4. The molecule has 0 radical (unpaired) electrons. The maximum absolute atomic E-state index is 13.2. The van der Waals surface area contributed by atoms with E-state index in [1.165, 1.54) is 0 Å². The number of nitrogens with one attached hydrogen (secondary N) is 2. The molecule has 3 rings (SSSR count). The summed E-state index contributed by atoms with van der Waals surface area (Å²) in [6.07, 6.45) is -15.0. The molecular weight excluding hydrogens is 556 g/mol. The molecule has 0 saturated heterocycles. The Morgan fingerprint density at radius 2 is 1.62 bits per heavy atom. The van der Waals surface area contributed by atoms with E-state index in [0.29, 0.717) is 22.1 Å². The van der Waals surface area contributed by atoms with E-state index >= 15 is 0 Å². The second kappa shape index (κ2) is 12.1. The second-order valence-corrected chi connectivity index (χ2v) is 9.45. The summed E-state index contributed by atoms with van der Waals surface area (Å²) in [5.74, 6) is -7.92. The van der Waals surface area contributed by atoms with Crippen molar-refractivity contribution in [3.63, 3.8) is 0 Å². The van der Waals surface area contributed by atoms with E-state index in [-0.39, 0.29) is 6.54 Å². The lowest BCUT2D eigenvalue weighted by atomic mass is 9.84. The molecule has 2 aromatic rings. The van der Waals surface area contributed by atoms with Crippen LogP contribution in [0.2, 0.25) is 5.02 Å². The van der Waals surface area contributed by atoms with Gasteiger partial charge in [0.05, 0.1) is 29.8 Å². The minimum atomic E-state index is -4.80. The molecule has 0 aliphatic carbocycles. The van der Waals surface area contributed by atoms with Crippen LogP contribution in [-0.2, 0) is 14.4 Å². The highest BCUT2D eigenvalue weighted by Gasteiger charge is 2.41. The van der Waals surface area contributed by atoms with Crippen LogP contribution in [0.1, 0.15) is 25.7 Å². The highest BCUT2D eigenvalue weighted by Crippen LogP contribution is 2.36. The zero-order valence-corrected chi connectivity index (χ0v) is 20.9. The Morgan fingerprint density at radius 1 is 1.00 bits per heavy atom. The fourth-order valence-electron chi connectivity index (χ4n) is 4.33. The average Bonchev–Trinajstić information content (AvgIpc) is 2.95. The highest BCUT2D eigenvalue weighted by molar-refractivity contribution is 6.30. The zero-order chi connectivity index (χ0) is 29.0. The van der Waals surface area contributed by atoms with Gasteiger partial charge >= 0.3 is 18.3 Å². The molecule has 14 heteroatoms. The molecule has 1 aliphatic rings. The number of rotatable bonds is 9. The molecule has 39 heavy (non-hydrogen) atoms. The fraction of sp³-hybridized carbons (Fsp3) is 0.400. The molecule has 3 atom stereocenters. The third-order valence-corrected chi connectivity index (χ3v) is 6.42. The molecule has 1 heterocycles. The summed E-state index contributed by atoms with van der Waals surface area (Å²) >= 11 is 6.11. The molecule has 3 N–H and O–H groups in total. The van der Waals surface area contributed by atoms with E-state index in [9.17, 15) is 45.8 Å². The number of fused-ring (bicyclic) bond motifs is 1. The molecule has 0 bridgehead atoms. The van der Waals surface area contributed by atoms with Crippen LogP contribution < -0.4 is 15.5 Å². The van der Waals surface area contributed by atoms with Gasteiger partial charge in [-0.2, -0.15) is 26.3 Å². The van der Waals surface area contributed by atoms with Crippen molar-refractivity contribution in [2.75, 3.05) is 16.8 Å². The van der Waals surface area contributed by atoms with Crippen LogP contribution >= 0.6 is 11.6 Å². The van der Waals surface area contributed by atoms with Gasteiger partial charge in [0.25, 0.3) is 0 Å². The Balaban J connectivity index is 1.92. The fourth-order valence-corrected chi connectivity index (χ4v) is 4.51. The van der Waals surface area contributed by atoms with Gasteiger partial charge in [0.15, 0.2) is 0 Å². The maximum atomic E-state index is 13.2. The van der Waals surface area contributed by atoms with Gasteiger partial charge in [0.1, 0.15) is 6.04 Å². The van der Waals surface area contributed by atoms with Crippen molar-refractivity contribution in [2.45, 2.75) is 44.1 Å². The van der Waals surface area contributed by atoms with Gasteiger partial charge in [0, 0.05) is 23.6 Å². The third kappa shape index (κ3) is 8.50. The van der Waals surface area contributed by atoms with Gasteiger partial charge in [-0.25, -0.2) is 0 Å². The number of nitrogens with zero attached hydrogens (tertiary/aromatic N) is 1. The number of alkyl halides is 6. The monoisotopic (exact) mass is 579 g/mol. The normalized spacial score (nSPS) is 17.5. The molecule has 212 valence electrons. The van der Waals surface area contributed by atoms with Crippen LogP contribution in [0.25, 0.3) is 0 Å². The standard InChI is InChI=1S/C25H24ClF6N3O4/c26-14-4-3-5-15(12-14)35-13-19(22(37)33-18-6-1-2-7-20(18)35)34-21(36)16(8-10-24(27,28)29)17(23(38)39)9-11-25(30,31)32/h1-7,12,16-17,19H,8-11,13H2,(H,33,37)(H,34,36)(H,38,39)/t16-,17+,19+/m1/s1. The molecule has 7 nitrogen and oxygen atoms in total. The Hall–Kier alpha value is -3.48. The lowest BCUT2D eigenvalue weighted by Gasteiger charge is -2.29. The Bertz CT molecular complexity index is 1210. The quantitative estimate of drug-likeness (QED) is 0.321. The lowest BCUT2D eigenvalue weighted by molar-refractivity contribution is -0.159. The Labute approximate surface area is 224 Å². The number of carboxylic acids is 1. The van der Waals surface area contributed by atoms with E-state index in [4.69, 9.17) is 11.6 Å². The molecule has 2 aromatic carbocycles. The first-order chi connectivity index (χ1) is 18.1. The van der Waals surface area contributed by atoms with Gasteiger partial charge in [-0.15, -0.1) is 0 Å². The Kier molecular flexibility index (Phi) is 9.36. The summed E-state index contributed by atoms with van der Waals surface area (Å²) in [7, 11) is 0. The summed E-state index contributed by atoms with van der Waals surface area (Å²) in [5, 5.41) is 14.8. The second-order valence-electron chi connectivity index (χ2n) is 9.02. The molecule has 0 saturated carbocycles. The van der Waals surface area contributed by atoms with Gasteiger partial charge in [-0.05, 0) is 43.2 Å². The van der Waals surface area contributed by atoms with Crippen molar-refractivity contribution in [1.29, 1.82) is 0 Å². The first-order valence-corrected chi connectivity index (χ1v) is 12.1. The third-order valence-electron chi connectivity index (χ3n) is 6.19. The van der Waals surface area contributed by atoms with E-state index in [2.05, 4.69) is 10.6 Å². The molecule has 0 fully saturated rings. The highest BCUT2D eigenvalue weighted by atomic mass is 35.5. The smallest absolute Gasteiger partial charge is 0.389 e. The molecule has 0 aromatic heterocycles. The average molecular weight is 580 g/mol. The predicted octanol–water partition coefficient (Wildman–Crippen LogP) is 5.92. The van der Waals surface area contributed by atoms with Crippen molar-refractivity contribution < 1.29 is 45.8 Å². The van der Waals surface area contributed by atoms with Crippen LogP contribution in [-0.4, -0.2) is 47.8 Å². The lowest BCUT2D eigenvalue weighted by Crippen LogP contribution is -2.51. The van der Waals surface area contributed by atoms with E-state index in [1.54, 1.807) is 53.4 Å². The minimum Gasteiger partial charge on any atom is -0.481 e. The minimum absolute atomic E-state index is 0.235. The van der Waals surface area contributed by atoms with Crippen molar-refractivity contribution >= 4 is 46.4 Å². The molecule has 1 aliphatic heterocycles. The topological polar surface area (TPSA) is 98.7 Å². The van der Waals surface area contributed by atoms with Crippen LogP contribution in [0, 0.1) is 11.8 Å². The van der Waals surface area contributed by atoms with Crippen molar-refractivity contribution in [3.8, 4) is 0 Å². The number of anilines is 3. The number of hydrogen-bond donors (Lipinski definition) is 3. The number of amides is 2. The van der Waals surface area contributed by atoms with Crippen molar-refractivity contribution in [1.82, 2.24) is 5.32 Å². The summed E-state index contributed by atoms with van der Waals surface area (Å²) in [6, 6.07) is 11.7. The van der Waals surface area contributed by atoms with Gasteiger partial charge < -0.3 is 20.6 Å². The number of carbonyl (C=O) groups excluding carboxylic acids is 2. The number of para-hydroxylation sites is 2. The summed E-state index contributed by atoms with van der Waals surface area (Å²) < 4.78 is 77.4. The van der Waals surface area contributed by atoms with Gasteiger partial charge in [-0.3, -0.25) is 14.4 Å². The first kappa shape index (κ1) is 30.1. The number of carbonyl (C=O) groups is 3. The predicted molar refractivity (Wildman–Crippen MR) is 131 cm³/mol. The molecule has 0 unspecified atom stereocenters. The summed E-state index contributed by atoms with van der Waals surface area (Å²) in [4.78, 5) is 39.6. The van der Waals surface area contributed by atoms with Crippen molar-refractivity contribution in [3.05, 3.63) is 53.6 Å². The van der Waals surface area contributed by atoms with Gasteiger partial charge in [0.2, 0.25) is 11.8 Å². The molecule has 2 amide bonds. The van der Waals surface area contributed by atoms with Crippen LogP contribution in [0.3, 0.4) is 0 Å². The van der Waals surface area contributed by atoms with E-state index in [1.807, 2.05) is 0 Å². The first-order valence-electron chi connectivity index (χ1n) is 11.7. The molecule has 0 spiro atoms. The number of hydrogen-bond acceptors (Lipinski definition) is 4. The SMILES string of the molecule is O=C1Nc2ccccc2N(c2cccc(Cl)c2)C[C@@H]1NC(=O)[C@H](CCC(F)(F)F)[C@H](CCC(F)(F)F)C(=O)O. The van der Waals surface area contributed by atoms with Crippen molar-refractivity contribution in [2.24, 2.45) is 11.8 Å². The number of halogens is 7. The summed E-state index contributed by atoms with van der Waals surface area (Å²) in [5.41, 5.74) is 1.36. The van der Waals surface area contributed by atoms with Gasteiger partial charge in [-0.1, -0.05) is 29.8 Å².